The first-order valence-corrected chi connectivity index (χ1v) is 7.69. The van der Waals surface area contributed by atoms with E-state index in [0.717, 1.165) is 25.7 Å². The lowest BCUT2D eigenvalue weighted by atomic mass is 9.88. The quantitative estimate of drug-likeness (QED) is 0.629. The van der Waals surface area contributed by atoms with Gasteiger partial charge in [0.15, 0.2) is 0 Å². The molecule has 0 aliphatic rings. The van der Waals surface area contributed by atoms with Crippen molar-refractivity contribution in [3.05, 3.63) is 28.7 Å². The molecule has 0 N–H and O–H groups in total. The smallest absolute Gasteiger partial charge is 0.267 e. The fraction of sp³-hybridized carbons (Fsp3) is 0.750. The maximum absolute atomic E-state index is 12.0. The molecule has 0 amide bonds. The lowest BCUT2D eigenvalue weighted by Gasteiger charge is -2.30. The van der Waals surface area contributed by atoms with Crippen LogP contribution in [0.2, 0.25) is 0 Å². The van der Waals surface area contributed by atoms with E-state index in [2.05, 4.69) is 25.9 Å². The summed E-state index contributed by atoms with van der Waals surface area (Å²) in [6.45, 7) is 6.60. The van der Waals surface area contributed by atoms with Crippen LogP contribution in [0.4, 0.5) is 0 Å². The van der Waals surface area contributed by atoms with E-state index in [0.29, 0.717) is 0 Å². The van der Waals surface area contributed by atoms with Gasteiger partial charge in [-0.2, -0.15) is 5.10 Å². The lowest BCUT2D eigenvalue weighted by molar-refractivity contribution is 0.218. The van der Waals surface area contributed by atoms with Crippen molar-refractivity contribution in [1.82, 2.24) is 9.78 Å². The van der Waals surface area contributed by atoms with Gasteiger partial charge in [0.2, 0.25) is 0 Å². The molecule has 1 atom stereocenters. The second-order valence-corrected chi connectivity index (χ2v) is 5.68. The van der Waals surface area contributed by atoms with Gasteiger partial charge in [0.25, 0.3) is 5.56 Å². The van der Waals surface area contributed by atoms with Crippen molar-refractivity contribution in [1.29, 1.82) is 0 Å². The topological polar surface area (TPSA) is 34.9 Å². The Labute approximate surface area is 117 Å². The molecule has 3 nitrogen and oxygen atoms in total. The Morgan fingerprint density at radius 1 is 1.11 bits per heavy atom. The third-order valence-electron chi connectivity index (χ3n) is 3.86. The maximum Gasteiger partial charge on any atom is 0.267 e. The first-order valence-electron chi connectivity index (χ1n) is 7.69. The minimum atomic E-state index is -0.123. The molecular weight excluding hydrogens is 236 g/mol. The van der Waals surface area contributed by atoms with Gasteiger partial charge in [0.1, 0.15) is 0 Å². The molecule has 1 unspecified atom stereocenters. The zero-order valence-corrected chi connectivity index (χ0v) is 12.7. The second kappa shape index (κ2) is 8.13. The summed E-state index contributed by atoms with van der Waals surface area (Å²) in [7, 11) is 0. The highest BCUT2D eigenvalue weighted by molar-refractivity contribution is 4.91. The van der Waals surface area contributed by atoms with Gasteiger partial charge >= 0.3 is 0 Å². The molecular formula is C16H28N2O. The molecule has 108 valence electrons. The van der Waals surface area contributed by atoms with E-state index in [1.54, 1.807) is 23.0 Å². The van der Waals surface area contributed by atoms with Crippen LogP contribution in [0.25, 0.3) is 0 Å². The van der Waals surface area contributed by atoms with Crippen LogP contribution < -0.4 is 5.56 Å². The van der Waals surface area contributed by atoms with Crippen molar-refractivity contribution in [3.63, 3.8) is 0 Å². The van der Waals surface area contributed by atoms with E-state index >= 15 is 0 Å². The molecule has 3 heteroatoms. The van der Waals surface area contributed by atoms with Gasteiger partial charge in [-0.15, -0.1) is 0 Å². The average Bonchev–Trinajstić information content (AvgIpc) is 2.42. The highest BCUT2D eigenvalue weighted by Gasteiger charge is 2.27. The third kappa shape index (κ3) is 4.81. The number of aromatic nitrogens is 2. The molecule has 1 aromatic rings. The van der Waals surface area contributed by atoms with Gasteiger partial charge in [0.05, 0.1) is 5.54 Å². The number of nitrogens with zero attached hydrogens (tertiary/aromatic N) is 2. The van der Waals surface area contributed by atoms with Crippen LogP contribution in [-0.4, -0.2) is 9.78 Å². The van der Waals surface area contributed by atoms with Crippen molar-refractivity contribution in [3.8, 4) is 0 Å². The van der Waals surface area contributed by atoms with Crippen LogP contribution in [0, 0.1) is 0 Å². The highest BCUT2D eigenvalue weighted by Crippen LogP contribution is 2.27. The first-order chi connectivity index (χ1) is 9.14. The summed E-state index contributed by atoms with van der Waals surface area (Å²) in [5, 5.41) is 4.31. The predicted molar refractivity (Wildman–Crippen MR) is 80.4 cm³/mol. The second-order valence-electron chi connectivity index (χ2n) is 5.68. The fourth-order valence-corrected chi connectivity index (χ4v) is 2.59. The Morgan fingerprint density at radius 2 is 1.79 bits per heavy atom. The Bertz CT molecular complexity index is 413. The Morgan fingerprint density at radius 3 is 2.42 bits per heavy atom. The van der Waals surface area contributed by atoms with Gasteiger partial charge in [-0.1, -0.05) is 52.4 Å². The minimum absolute atomic E-state index is 0.0246. The fourth-order valence-electron chi connectivity index (χ4n) is 2.59. The zero-order valence-electron chi connectivity index (χ0n) is 12.7. The highest BCUT2D eigenvalue weighted by atomic mass is 16.1. The summed E-state index contributed by atoms with van der Waals surface area (Å²) >= 11 is 0. The normalized spacial score (nSPS) is 14.3. The van der Waals surface area contributed by atoms with E-state index in [1.165, 1.54) is 25.7 Å². The average molecular weight is 264 g/mol. The van der Waals surface area contributed by atoms with Crippen molar-refractivity contribution in [2.45, 2.75) is 77.7 Å². The van der Waals surface area contributed by atoms with E-state index < -0.39 is 0 Å². The van der Waals surface area contributed by atoms with Crippen molar-refractivity contribution in [2.24, 2.45) is 0 Å². The predicted octanol–water partition coefficient (Wildman–Crippen LogP) is 4.12. The minimum Gasteiger partial charge on any atom is -0.268 e. The number of hydrogen-bond acceptors (Lipinski definition) is 2. The molecule has 0 aliphatic carbocycles. The molecule has 0 aromatic carbocycles. The van der Waals surface area contributed by atoms with Crippen LogP contribution in [0.1, 0.15) is 72.1 Å². The molecule has 1 aromatic heterocycles. The molecule has 0 spiro atoms. The summed E-state index contributed by atoms with van der Waals surface area (Å²) in [6, 6.07) is 3.33. The van der Waals surface area contributed by atoms with Crippen LogP contribution in [0.3, 0.4) is 0 Å². The molecule has 1 rings (SSSR count). The van der Waals surface area contributed by atoms with Crippen molar-refractivity contribution < 1.29 is 0 Å². The van der Waals surface area contributed by atoms with Crippen LogP contribution >= 0.6 is 0 Å². The molecule has 0 aliphatic heterocycles. The summed E-state index contributed by atoms with van der Waals surface area (Å²) in [5.41, 5.74) is -0.0983. The van der Waals surface area contributed by atoms with E-state index in [9.17, 15) is 4.79 Å². The summed E-state index contributed by atoms with van der Waals surface area (Å²) in [6.07, 6.45) is 11.1. The largest absolute Gasteiger partial charge is 0.268 e. The Hall–Kier alpha value is -1.12. The maximum atomic E-state index is 12.0. The molecule has 0 saturated heterocycles. The molecule has 19 heavy (non-hydrogen) atoms. The third-order valence-corrected chi connectivity index (χ3v) is 3.86. The van der Waals surface area contributed by atoms with Gasteiger partial charge < -0.3 is 0 Å². The number of hydrogen-bond donors (Lipinski definition) is 0. The van der Waals surface area contributed by atoms with Crippen LogP contribution in [-0.2, 0) is 5.54 Å². The molecule has 0 saturated carbocycles. The monoisotopic (exact) mass is 264 g/mol. The van der Waals surface area contributed by atoms with Gasteiger partial charge in [0, 0.05) is 12.3 Å². The van der Waals surface area contributed by atoms with Crippen molar-refractivity contribution in [2.75, 3.05) is 0 Å². The van der Waals surface area contributed by atoms with Gasteiger partial charge in [-0.3, -0.25) is 4.79 Å². The summed E-state index contributed by atoms with van der Waals surface area (Å²) < 4.78 is 1.70. The number of rotatable bonds is 9. The van der Waals surface area contributed by atoms with Gasteiger partial charge in [-0.05, 0) is 25.8 Å². The van der Waals surface area contributed by atoms with E-state index in [1.807, 2.05) is 0 Å². The molecule has 0 fully saturated rings. The van der Waals surface area contributed by atoms with E-state index in [-0.39, 0.29) is 11.1 Å². The molecule has 0 radical (unpaired) electrons. The lowest BCUT2D eigenvalue weighted by Crippen LogP contribution is -2.40. The molecule has 1 heterocycles. The Kier molecular flexibility index (Phi) is 6.82. The SMILES string of the molecule is CCCCCCC(C)(CCCC)n1ncccc1=O. The molecule has 0 bridgehead atoms. The van der Waals surface area contributed by atoms with Crippen LogP contribution in [0.15, 0.2) is 23.1 Å². The summed E-state index contributed by atoms with van der Waals surface area (Å²) in [4.78, 5) is 12.0. The van der Waals surface area contributed by atoms with E-state index in [4.69, 9.17) is 0 Å². The van der Waals surface area contributed by atoms with Gasteiger partial charge in [-0.25, -0.2) is 4.68 Å². The number of unbranched alkanes of at least 4 members (excludes halogenated alkanes) is 4. The van der Waals surface area contributed by atoms with Crippen molar-refractivity contribution >= 4 is 0 Å². The zero-order chi connectivity index (χ0) is 14.1. The summed E-state index contributed by atoms with van der Waals surface area (Å²) in [5.74, 6) is 0. The first kappa shape index (κ1) is 15.9. The van der Waals surface area contributed by atoms with Crippen LogP contribution in [0.5, 0.6) is 0 Å². The Balaban J connectivity index is 2.80. The standard InChI is InChI=1S/C16H28N2O/c1-4-6-8-9-13-16(3,12-7-5-2)18-15(19)11-10-14-17-18/h10-11,14H,4-9,12-13H2,1-3H3.